The van der Waals surface area contributed by atoms with Crippen molar-refractivity contribution in [2.45, 2.75) is 49.3 Å². The van der Waals surface area contributed by atoms with Gasteiger partial charge >= 0.3 is 0 Å². The molecule has 2 aliphatic heterocycles. The van der Waals surface area contributed by atoms with Crippen molar-refractivity contribution in [1.82, 2.24) is 24.2 Å². The molecule has 4 rings (SSSR count). The number of amides is 1. The molecule has 2 aliphatic rings. The molecule has 0 atom stereocenters. The third-order valence-electron chi connectivity index (χ3n) is 5.86. The van der Waals surface area contributed by atoms with Crippen molar-refractivity contribution in [3.63, 3.8) is 0 Å². The van der Waals surface area contributed by atoms with Crippen LogP contribution < -0.4 is 0 Å². The maximum absolute atomic E-state index is 12.8. The van der Waals surface area contributed by atoms with Gasteiger partial charge in [-0.2, -0.15) is 9.29 Å². The van der Waals surface area contributed by atoms with E-state index in [-0.39, 0.29) is 5.91 Å². The number of halogens is 1. The SMILES string of the molecule is O=C(CCc1nc(CN2CCN(S(=O)(=O)c3ccc(Br)s3)CC2)no1)N1CCCCCC1. The normalized spacial score (nSPS) is 19.2. The van der Waals surface area contributed by atoms with Crippen molar-refractivity contribution in [3.05, 3.63) is 27.6 Å². The lowest BCUT2D eigenvalue weighted by atomic mass is 10.2. The first-order chi connectivity index (χ1) is 15.4. The fraction of sp³-hybridized carbons (Fsp3) is 0.650. The number of nitrogens with zero attached hydrogens (tertiary/aromatic N) is 5. The molecule has 176 valence electrons. The van der Waals surface area contributed by atoms with Gasteiger partial charge in [0.1, 0.15) is 4.21 Å². The lowest BCUT2D eigenvalue weighted by Crippen LogP contribution is -2.48. The third-order valence-corrected chi connectivity index (χ3v) is 9.85. The van der Waals surface area contributed by atoms with Crippen LogP contribution in [-0.4, -0.2) is 77.8 Å². The molecule has 0 radical (unpaired) electrons. The standard InChI is InChI=1S/C20H28BrN5O4S2/c21-16-5-8-20(31-16)32(28,29)26-13-11-24(12-14-26)15-17-22-18(30-23-17)6-7-19(27)25-9-3-1-2-4-10-25/h5,8H,1-4,6-7,9-15H2. The van der Waals surface area contributed by atoms with Crippen LogP contribution in [0.5, 0.6) is 0 Å². The average Bonchev–Trinajstić information content (AvgIpc) is 3.33. The molecular weight excluding hydrogens is 518 g/mol. The molecule has 2 aromatic heterocycles. The number of hydrogen-bond acceptors (Lipinski definition) is 8. The third kappa shape index (κ3) is 5.96. The van der Waals surface area contributed by atoms with Crippen LogP contribution in [0.3, 0.4) is 0 Å². The summed E-state index contributed by atoms with van der Waals surface area (Å²) in [6.07, 6.45) is 5.39. The highest BCUT2D eigenvalue weighted by molar-refractivity contribution is 9.11. The number of piperazine rings is 1. The van der Waals surface area contributed by atoms with E-state index in [0.29, 0.717) is 61.5 Å². The Morgan fingerprint density at radius 1 is 1.06 bits per heavy atom. The zero-order chi connectivity index (χ0) is 22.6. The highest BCUT2D eigenvalue weighted by Gasteiger charge is 2.30. The monoisotopic (exact) mass is 545 g/mol. The zero-order valence-electron chi connectivity index (χ0n) is 17.9. The first-order valence-electron chi connectivity index (χ1n) is 11.0. The molecule has 12 heteroatoms. The minimum atomic E-state index is -3.45. The number of rotatable bonds is 7. The minimum Gasteiger partial charge on any atom is -0.343 e. The Morgan fingerprint density at radius 2 is 1.78 bits per heavy atom. The first kappa shape index (κ1) is 23.8. The fourth-order valence-corrected chi connectivity index (χ4v) is 7.63. The molecule has 0 saturated carbocycles. The van der Waals surface area contributed by atoms with Gasteiger partial charge in [-0.15, -0.1) is 11.3 Å². The quantitative estimate of drug-likeness (QED) is 0.527. The molecule has 1 amide bonds. The predicted octanol–water partition coefficient (Wildman–Crippen LogP) is 2.74. The van der Waals surface area contributed by atoms with E-state index in [1.54, 1.807) is 12.1 Å². The smallest absolute Gasteiger partial charge is 0.252 e. The number of hydrogen-bond donors (Lipinski definition) is 0. The second-order valence-electron chi connectivity index (χ2n) is 8.14. The summed E-state index contributed by atoms with van der Waals surface area (Å²) < 4.78 is 33.5. The molecule has 0 spiro atoms. The van der Waals surface area contributed by atoms with Gasteiger partial charge in [0.2, 0.25) is 11.8 Å². The van der Waals surface area contributed by atoms with Crippen LogP contribution in [0.15, 0.2) is 24.7 Å². The highest BCUT2D eigenvalue weighted by atomic mass is 79.9. The second-order valence-corrected chi connectivity index (χ2v) is 12.8. The lowest BCUT2D eigenvalue weighted by molar-refractivity contribution is -0.131. The number of likely N-dealkylation sites (tertiary alicyclic amines) is 1. The minimum absolute atomic E-state index is 0.154. The second kappa shape index (κ2) is 10.7. The lowest BCUT2D eigenvalue weighted by Gasteiger charge is -2.32. The number of carbonyl (C=O) groups excluding carboxylic acids is 1. The summed E-state index contributed by atoms with van der Waals surface area (Å²) >= 11 is 4.55. The van der Waals surface area contributed by atoms with E-state index in [4.69, 9.17) is 4.52 Å². The number of thiophene rings is 1. The van der Waals surface area contributed by atoms with Crippen LogP contribution in [-0.2, 0) is 27.8 Å². The molecule has 4 heterocycles. The number of carbonyl (C=O) groups is 1. The Morgan fingerprint density at radius 3 is 2.44 bits per heavy atom. The van der Waals surface area contributed by atoms with E-state index < -0.39 is 10.0 Å². The Labute approximate surface area is 200 Å². The van der Waals surface area contributed by atoms with E-state index in [1.165, 1.54) is 28.5 Å². The summed E-state index contributed by atoms with van der Waals surface area (Å²) in [4.78, 5) is 20.9. The number of sulfonamides is 1. The van der Waals surface area contributed by atoms with Crippen LogP contribution >= 0.6 is 27.3 Å². The zero-order valence-corrected chi connectivity index (χ0v) is 21.1. The van der Waals surface area contributed by atoms with Crippen LogP contribution in [0.25, 0.3) is 0 Å². The molecule has 2 aromatic rings. The maximum Gasteiger partial charge on any atom is 0.252 e. The Balaban J connectivity index is 1.23. The summed E-state index contributed by atoms with van der Waals surface area (Å²) in [7, 11) is -3.45. The fourth-order valence-electron chi connectivity index (χ4n) is 4.04. The molecule has 0 aliphatic carbocycles. The molecular formula is C20H28BrN5O4S2. The molecule has 0 N–H and O–H groups in total. The summed E-state index contributed by atoms with van der Waals surface area (Å²) in [5, 5.41) is 4.05. The topological polar surface area (TPSA) is 99.9 Å². The van der Waals surface area contributed by atoms with Gasteiger partial charge in [-0.05, 0) is 40.9 Å². The van der Waals surface area contributed by atoms with E-state index in [1.807, 2.05) is 4.90 Å². The maximum atomic E-state index is 12.8. The molecule has 2 saturated heterocycles. The van der Waals surface area contributed by atoms with Gasteiger partial charge in [0.25, 0.3) is 10.0 Å². The van der Waals surface area contributed by atoms with Gasteiger partial charge in [0, 0.05) is 52.1 Å². The Bertz CT molecular complexity index is 1010. The van der Waals surface area contributed by atoms with Crippen molar-refractivity contribution < 1.29 is 17.7 Å². The van der Waals surface area contributed by atoms with Crippen molar-refractivity contribution in [2.75, 3.05) is 39.3 Å². The van der Waals surface area contributed by atoms with Crippen LogP contribution in [0.1, 0.15) is 43.8 Å². The van der Waals surface area contributed by atoms with Crippen LogP contribution in [0.2, 0.25) is 0 Å². The summed E-state index contributed by atoms with van der Waals surface area (Å²) in [6.45, 7) is 4.24. The summed E-state index contributed by atoms with van der Waals surface area (Å²) in [5.41, 5.74) is 0. The largest absolute Gasteiger partial charge is 0.343 e. The van der Waals surface area contributed by atoms with Crippen LogP contribution in [0.4, 0.5) is 0 Å². The van der Waals surface area contributed by atoms with Crippen molar-refractivity contribution in [1.29, 1.82) is 0 Å². The van der Waals surface area contributed by atoms with Gasteiger partial charge in [-0.3, -0.25) is 9.69 Å². The van der Waals surface area contributed by atoms with E-state index in [9.17, 15) is 13.2 Å². The number of aryl methyl sites for hydroxylation is 1. The highest BCUT2D eigenvalue weighted by Crippen LogP contribution is 2.29. The number of aromatic nitrogens is 2. The average molecular weight is 547 g/mol. The van der Waals surface area contributed by atoms with Crippen molar-refractivity contribution >= 4 is 43.2 Å². The predicted molar refractivity (Wildman–Crippen MR) is 124 cm³/mol. The Hall–Kier alpha value is -1.34. The van der Waals surface area contributed by atoms with Crippen LogP contribution in [0, 0.1) is 0 Å². The summed E-state index contributed by atoms with van der Waals surface area (Å²) in [5.74, 6) is 1.20. The summed E-state index contributed by atoms with van der Waals surface area (Å²) in [6, 6.07) is 3.39. The first-order valence-corrected chi connectivity index (χ1v) is 14.0. The van der Waals surface area contributed by atoms with Gasteiger partial charge < -0.3 is 9.42 Å². The Kier molecular flexibility index (Phi) is 7.98. The molecule has 2 fully saturated rings. The van der Waals surface area contributed by atoms with Gasteiger partial charge in [0.15, 0.2) is 5.82 Å². The van der Waals surface area contributed by atoms with Gasteiger partial charge in [0.05, 0.1) is 10.3 Å². The van der Waals surface area contributed by atoms with Gasteiger partial charge in [-0.25, -0.2) is 8.42 Å². The van der Waals surface area contributed by atoms with E-state index >= 15 is 0 Å². The van der Waals surface area contributed by atoms with E-state index in [0.717, 1.165) is 29.7 Å². The molecule has 0 aromatic carbocycles. The van der Waals surface area contributed by atoms with Crippen molar-refractivity contribution in [3.8, 4) is 0 Å². The molecule has 9 nitrogen and oxygen atoms in total. The molecule has 32 heavy (non-hydrogen) atoms. The molecule has 0 unspecified atom stereocenters. The van der Waals surface area contributed by atoms with E-state index in [2.05, 4.69) is 31.0 Å². The van der Waals surface area contributed by atoms with Gasteiger partial charge in [-0.1, -0.05) is 18.0 Å². The molecule has 0 bridgehead atoms. The van der Waals surface area contributed by atoms with Crippen molar-refractivity contribution in [2.24, 2.45) is 0 Å².